The van der Waals surface area contributed by atoms with Crippen LogP contribution < -0.4 is 0 Å². The van der Waals surface area contributed by atoms with Crippen molar-refractivity contribution in [3.63, 3.8) is 0 Å². The second-order valence-corrected chi connectivity index (χ2v) is 14.0. The summed E-state index contributed by atoms with van der Waals surface area (Å²) in [5.41, 5.74) is 9.09. The highest BCUT2D eigenvalue weighted by molar-refractivity contribution is 6.30. The van der Waals surface area contributed by atoms with Crippen LogP contribution in [0.25, 0.3) is 111 Å². The third kappa shape index (κ3) is 5.26. The summed E-state index contributed by atoms with van der Waals surface area (Å²) in [4.78, 5) is 15.6. The Morgan fingerprint density at radius 3 is 1.36 bits per heavy atom. The predicted octanol–water partition coefficient (Wildman–Crippen LogP) is 13.6. The van der Waals surface area contributed by atoms with Gasteiger partial charge < -0.3 is 4.42 Å². The second-order valence-electron chi connectivity index (χ2n) is 14.0. The number of nitrogens with zero attached hydrogens (tertiary/aromatic N) is 3. The zero-order valence-electron chi connectivity index (χ0n) is 29.6. The van der Waals surface area contributed by atoms with E-state index in [-0.39, 0.29) is 0 Å². The van der Waals surface area contributed by atoms with Gasteiger partial charge in [-0.2, -0.15) is 0 Å². The zero-order valence-corrected chi connectivity index (χ0v) is 29.6. The van der Waals surface area contributed by atoms with Crippen molar-refractivity contribution >= 4 is 54.3 Å². The molecule has 256 valence electrons. The van der Waals surface area contributed by atoms with Gasteiger partial charge in [-0.1, -0.05) is 176 Å². The first-order chi connectivity index (χ1) is 27.2. The maximum Gasteiger partial charge on any atom is 0.164 e. The molecule has 4 heteroatoms. The van der Waals surface area contributed by atoms with Crippen LogP contribution >= 0.6 is 0 Å². The molecule has 4 nitrogen and oxygen atoms in total. The maximum atomic E-state index is 6.89. The molecule has 2 heterocycles. The average molecular weight is 702 g/mol. The van der Waals surface area contributed by atoms with Gasteiger partial charge in [0.2, 0.25) is 0 Å². The molecule has 11 aromatic rings. The van der Waals surface area contributed by atoms with Gasteiger partial charge in [-0.3, -0.25) is 0 Å². The van der Waals surface area contributed by atoms with E-state index in [2.05, 4.69) is 152 Å². The lowest BCUT2D eigenvalue weighted by molar-refractivity contribution is 0.673. The molecule has 0 N–H and O–H groups in total. The Kier molecular flexibility index (Phi) is 7.14. The lowest BCUT2D eigenvalue weighted by atomic mass is 9.94. The number of hydrogen-bond donors (Lipinski definition) is 0. The van der Waals surface area contributed by atoms with Gasteiger partial charge in [0.1, 0.15) is 11.2 Å². The third-order valence-electron chi connectivity index (χ3n) is 10.7. The minimum absolute atomic E-state index is 0.597. The Bertz CT molecular complexity index is 3220. The smallest absolute Gasteiger partial charge is 0.164 e. The van der Waals surface area contributed by atoms with Crippen LogP contribution in [-0.2, 0) is 0 Å². The number of aromatic nitrogens is 3. The first-order valence-electron chi connectivity index (χ1n) is 18.5. The summed E-state index contributed by atoms with van der Waals surface area (Å²) in [5.74, 6) is 1.82. The molecule has 0 spiro atoms. The number of fused-ring (bicyclic) bond motifs is 9. The summed E-state index contributed by atoms with van der Waals surface area (Å²) in [6.45, 7) is 0. The summed E-state index contributed by atoms with van der Waals surface area (Å²) >= 11 is 0. The van der Waals surface area contributed by atoms with E-state index in [1.54, 1.807) is 0 Å². The lowest BCUT2D eigenvalue weighted by Gasteiger charge is -2.12. The van der Waals surface area contributed by atoms with Crippen molar-refractivity contribution in [3.05, 3.63) is 188 Å². The summed E-state index contributed by atoms with van der Waals surface area (Å²) in [5, 5.41) is 8.81. The van der Waals surface area contributed by atoms with E-state index in [1.165, 1.54) is 16.5 Å². The fourth-order valence-electron chi connectivity index (χ4n) is 8.01. The van der Waals surface area contributed by atoms with Gasteiger partial charge in [0.05, 0.1) is 0 Å². The van der Waals surface area contributed by atoms with Crippen LogP contribution in [0.15, 0.2) is 192 Å². The summed E-state index contributed by atoms with van der Waals surface area (Å²) in [7, 11) is 0. The molecule has 0 aliphatic rings. The molecule has 0 amide bonds. The van der Waals surface area contributed by atoms with Crippen molar-refractivity contribution in [2.45, 2.75) is 0 Å². The van der Waals surface area contributed by atoms with E-state index in [1.807, 2.05) is 36.4 Å². The van der Waals surface area contributed by atoms with Gasteiger partial charge in [0.15, 0.2) is 17.5 Å². The van der Waals surface area contributed by atoms with E-state index < -0.39 is 0 Å². The number of hydrogen-bond acceptors (Lipinski definition) is 4. The zero-order chi connectivity index (χ0) is 36.3. The molecule has 0 saturated heterocycles. The van der Waals surface area contributed by atoms with Crippen molar-refractivity contribution in [1.82, 2.24) is 15.0 Å². The van der Waals surface area contributed by atoms with Crippen LogP contribution in [0.2, 0.25) is 0 Å². The minimum Gasteiger partial charge on any atom is -0.455 e. The SMILES string of the molecule is c1ccc(-c2ccc(-c3ccc(-c4nc(-c5ccccc5)nc(-c5cc6ccc7ccccc7c6c6oc7ccc8ccccc8c7c56)n4)cc3)cc2)cc1. The van der Waals surface area contributed by atoms with Crippen molar-refractivity contribution < 1.29 is 4.42 Å². The van der Waals surface area contributed by atoms with E-state index in [9.17, 15) is 0 Å². The highest BCUT2D eigenvalue weighted by Gasteiger charge is 2.22. The fraction of sp³-hybridized carbons (Fsp3) is 0. The number of benzene rings is 9. The van der Waals surface area contributed by atoms with Gasteiger partial charge in [-0.25, -0.2) is 15.0 Å². The van der Waals surface area contributed by atoms with E-state index in [4.69, 9.17) is 19.4 Å². The van der Waals surface area contributed by atoms with Gasteiger partial charge in [0, 0.05) is 32.8 Å². The predicted molar refractivity (Wildman–Crippen MR) is 227 cm³/mol. The summed E-state index contributed by atoms with van der Waals surface area (Å²) in [6.07, 6.45) is 0. The maximum absolute atomic E-state index is 6.89. The Labute approximate surface area is 317 Å². The molecule has 0 radical (unpaired) electrons. The van der Waals surface area contributed by atoms with Gasteiger partial charge in [-0.15, -0.1) is 0 Å². The standard InChI is InChI=1S/C51H31N3O/c1-3-11-32(12-4-1)33-19-21-34(22-20-33)35-23-26-39(27-24-35)50-52-49(38-15-5-2-6-16-38)53-51(54-50)43-31-40-28-25-36-13-7-9-17-41(36)45(40)48-47(43)46-42-18-10-8-14-37(42)29-30-44(46)55-48/h1-31H. The largest absolute Gasteiger partial charge is 0.455 e. The number of furan rings is 1. The molecule has 55 heavy (non-hydrogen) atoms. The molecule has 0 unspecified atom stereocenters. The van der Waals surface area contributed by atoms with Crippen molar-refractivity contribution in [1.29, 1.82) is 0 Å². The Hall–Kier alpha value is -7.43. The van der Waals surface area contributed by atoms with Crippen LogP contribution in [-0.4, -0.2) is 15.0 Å². The van der Waals surface area contributed by atoms with Gasteiger partial charge in [-0.05, 0) is 61.3 Å². The molecular weight excluding hydrogens is 671 g/mol. The summed E-state index contributed by atoms with van der Waals surface area (Å²) < 4.78 is 6.89. The van der Waals surface area contributed by atoms with Crippen molar-refractivity contribution in [3.8, 4) is 56.4 Å². The first kappa shape index (κ1) is 31.1. The van der Waals surface area contributed by atoms with Crippen LogP contribution in [0.3, 0.4) is 0 Å². The Morgan fingerprint density at radius 2 is 0.745 bits per heavy atom. The van der Waals surface area contributed by atoms with Crippen LogP contribution in [0.4, 0.5) is 0 Å². The molecule has 0 bridgehead atoms. The minimum atomic E-state index is 0.597. The fourth-order valence-corrected chi connectivity index (χ4v) is 8.01. The Balaban J connectivity index is 1.13. The quantitative estimate of drug-likeness (QED) is 0.168. The van der Waals surface area contributed by atoms with Crippen molar-refractivity contribution in [2.75, 3.05) is 0 Å². The first-order valence-corrected chi connectivity index (χ1v) is 18.5. The van der Waals surface area contributed by atoms with Crippen molar-refractivity contribution in [2.24, 2.45) is 0 Å². The molecule has 11 rings (SSSR count). The van der Waals surface area contributed by atoms with Crippen LogP contribution in [0.1, 0.15) is 0 Å². The third-order valence-corrected chi connectivity index (χ3v) is 10.7. The highest BCUT2D eigenvalue weighted by Crippen LogP contribution is 2.45. The molecule has 2 aromatic heterocycles. The molecule has 0 atom stereocenters. The van der Waals surface area contributed by atoms with E-state index in [0.29, 0.717) is 17.5 Å². The second kappa shape index (κ2) is 12.6. The molecular formula is C51H31N3O. The molecule has 0 fully saturated rings. The average Bonchev–Trinajstić information content (AvgIpc) is 3.67. The van der Waals surface area contributed by atoms with E-state index >= 15 is 0 Å². The highest BCUT2D eigenvalue weighted by atomic mass is 16.3. The Morgan fingerprint density at radius 1 is 0.309 bits per heavy atom. The topological polar surface area (TPSA) is 51.8 Å². The molecule has 9 aromatic carbocycles. The summed E-state index contributed by atoms with van der Waals surface area (Å²) in [6, 6.07) is 65.7. The number of rotatable bonds is 5. The van der Waals surface area contributed by atoms with Crippen LogP contribution in [0, 0.1) is 0 Å². The normalized spacial score (nSPS) is 11.6. The van der Waals surface area contributed by atoms with Crippen LogP contribution in [0.5, 0.6) is 0 Å². The molecule has 0 aliphatic carbocycles. The van der Waals surface area contributed by atoms with Gasteiger partial charge in [0.25, 0.3) is 0 Å². The van der Waals surface area contributed by atoms with Gasteiger partial charge >= 0.3 is 0 Å². The monoisotopic (exact) mass is 701 g/mol. The lowest BCUT2D eigenvalue weighted by Crippen LogP contribution is -2.00. The molecule has 0 aliphatic heterocycles. The molecule has 0 saturated carbocycles. The van der Waals surface area contributed by atoms with E-state index in [0.717, 1.165) is 76.7 Å².